The molecule has 0 heterocycles. The number of para-hydroxylation sites is 1. The van der Waals surface area contributed by atoms with Gasteiger partial charge in [0.1, 0.15) is 5.75 Å². The number of aromatic hydroxyl groups is 1. The van der Waals surface area contributed by atoms with Crippen LogP contribution in [-0.4, -0.2) is 30.1 Å². The summed E-state index contributed by atoms with van der Waals surface area (Å²) in [5.74, 6) is -2.25. The van der Waals surface area contributed by atoms with Gasteiger partial charge in [-0.3, -0.25) is 4.79 Å². The summed E-state index contributed by atoms with van der Waals surface area (Å²) in [5.41, 5.74) is 0.464. The summed E-state index contributed by atoms with van der Waals surface area (Å²) in [7, 11) is 1.20. The number of benzene rings is 2. The van der Waals surface area contributed by atoms with E-state index < -0.39 is 17.8 Å². The number of aryl methyl sites for hydroxylation is 1. The van der Waals surface area contributed by atoms with Crippen LogP contribution in [-0.2, 0) is 25.6 Å². The maximum atomic E-state index is 12.7. The van der Waals surface area contributed by atoms with E-state index in [1.807, 2.05) is 0 Å². The van der Waals surface area contributed by atoms with E-state index in [0.29, 0.717) is 10.6 Å². The first-order chi connectivity index (χ1) is 13.2. The van der Waals surface area contributed by atoms with E-state index >= 15 is 0 Å². The fourth-order valence-electron chi connectivity index (χ4n) is 2.45. The minimum absolute atomic E-state index is 0.0493. The molecule has 0 unspecified atom stereocenters. The number of phenolic OH excluding ortho intramolecular Hbond substituents is 1. The van der Waals surface area contributed by atoms with Crippen molar-refractivity contribution in [1.82, 2.24) is 0 Å². The first kappa shape index (κ1) is 21.5. The van der Waals surface area contributed by atoms with Gasteiger partial charge in [0.2, 0.25) is 0 Å². The van der Waals surface area contributed by atoms with E-state index in [4.69, 9.17) is 32.8 Å². The third kappa shape index (κ3) is 5.15. The average Bonchev–Trinajstić information content (AvgIpc) is 2.66. The number of amides is 1. The lowest BCUT2D eigenvalue weighted by molar-refractivity contribution is -0.148. The monoisotopic (exact) mass is 425 g/mol. The molecular formula is C19H17Cl2NO6. The molecule has 1 N–H and O–H groups in total. The Labute approximate surface area is 171 Å². The van der Waals surface area contributed by atoms with Gasteiger partial charge in [0, 0.05) is 18.4 Å². The van der Waals surface area contributed by atoms with Crippen LogP contribution in [0.5, 0.6) is 5.75 Å². The van der Waals surface area contributed by atoms with Crippen molar-refractivity contribution in [2.75, 3.05) is 12.2 Å². The summed E-state index contributed by atoms with van der Waals surface area (Å²) >= 11 is 11.8. The average molecular weight is 426 g/mol. The molecule has 0 spiro atoms. The van der Waals surface area contributed by atoms with Gasteiger partial charge in [-0.25, -0.2) is 9.59 Å². The molecule has 0 aliphatic heterocycles. The Bertz CT molecular complexity index is 915. The van der Waals surface area contributed by atoms with Gasteiger partial charge in [-0.1, -0.05) is 35.3 Å². The minimum Gasteiger partial charge on any atom is -0.506 e. The first-order valence-corrected chi connectivity index (χ1v) is 8.86. The van der Waals surface area contributed by atoms with Gasteiger partial charge in [0.05, 0.1) is 23.4 Å². The number of rotatable bonds is 5. The van der Waals surface area contributed by atoms with Crippen molar-refractivity contribution in [3.63, 3.8) is 0 Å². The second-order valence-corrected chi connectivity index (χ2v) is 6.52. The number of esters is 1. The van der Waals surface area contributed by atoms with Crippen LogP contribution in [0.3, 0.4) is 0 Å². The summed E-state index contributed by atoms with van der Waals surface area (Å²) in [5, 5.41) is 11.1. The molecule has 0 aromatic heterocycles. The van der Waals surface area contributed by atoms with Crippen LogP contribution >= 0.6 is 23.2 Å². The number of hydrogen-bond donors (Lipinski definition) is 1. The smallest absolute Gasteiger partial charge is 0.340 e. The summed E-state index contributed by atoms with van der Waals surface area (Å²) in [6.07, 6.45) is -0.0872. The molecule has 0 aliphatic carbocycles. The van der Waals surface area contributed by atoms with Gasteiger partial charge in [-0.15, -0.1) is 5.06 Å². The zero-order valence-corrected chi connectivity index (χ0v) is 16.6. The number of phenols is 1. The Morgan fingerprint density at radius 3 is 2.46 bits per heavy atom. The maximum absolute atomic E-state index is 12.7. The van der Waals surface area contributed by atoms with E-state index in [1.165, 1.54) is 31.4 Å². The molecule has 0 saturated carbocycles. The SMILES string of the molecule is COC(=O)c1ccccc1N(OC(C)=O)C(=O)CCc1cc(Cl)cc(Cl)c1O. The molecule has 9 heteroatoms. The molecule has 1 amide bonds. The molecule has 7 nitrogen and oxygen atoms in total. The van der Waals surface area contributed by atoms with Crippen molar-refractivity contribution in [1.29, 1.82) is 0 Å². The predicted octanol–water partition coefficient (Wildman–Crippen LogP) is 3.93. The van der Waals surface area contributed by atoms with Crippen molar-refractivity contribution < 1.29 is 29.1 Å². The van der Waals surface area contributed by atoms with Crippen molar-refractivity contribution in [2.24, 2.45) is 0 Å². The number of carbonyl (C=O) groups is 3. The Kier molecular flexibility index (Phi) is 7.25. The Morgan fingerprint density at radius 1 is 1.14 bits per heavy atom. The molecule has 0 atom stereocenters. The fourth-order valence-corrected chi connectivity index (χ4v) is 2.98. The second-order valence-electron chi connectivity index (χ2n) is 5.68. The molecule has 2 aromatic carbocycles. The van der Waals surface area contributed by atoms with Crippen LogP contribution < -0.4 is 5.06 Å². The van der Waals surface area contributed by atoms with Crippen LogP contribution in [0, 0.1) is 0 Å². The lowest BCUT2D eigenvalue weighted by atomic mass is 10.1. The van der Waals surface area contributed by atoms with Crippen molar-refractivity contribution in [2.45, 2.75) is 19.8 Å². The maximum Gasteiger partial charge on any atom is 0.340 e. The third-order valence-corrected chi connectivity index (χ3v) is 4.20. The molecule has 28 heavy (non-hydrogen) atoms. The van der Waals surface area contributed by atoms with Gasteiger partial charge in [0.15, 0.2) is 0 Å². The quantitative estimate of drug-likeness (QED) is 0.575. The molecule has 0 fully saturated rings. The molecule has 0 saturated heterocycles. The standard InChI is InChI=1S/C19H17Cl2NO6/c1-11(23)28-22(16-6-4-3-5-14(16)19(26)27-2)17(24)8-7-12-9-13(20)10-15(21)18(12)25/h3-6,9-10,25H,7-8H2,1-2H3. The fraction of sp³-hybridized carbons (Fsp3) is 0.211. The highest BCUT2D eigenvalue weighted by atomic mass is 35.5. The van der Waals surface area contributed by atoms with Crippen LogP contribution in [0.1, 0.15) is 29.3 Å². The summed E-state index contributed by atoms with van der Waals surface area (Å²) < 4.78 is 4.70. The Hall–Kier alpha value is -2.77. The molecule has 148 valence electrons. The van der Waals surface area contributed by atoms with Gasteiger partial charge < -0.3 is 14.7 Å². The lowest BCUT2D eigenvalue weighted by Gasteiger charge is -2.22. The largest absolute Gasteiger partial charge is 0.506 e. The van der Waals surface area contributed by atoms with Gasteiger partial charge in [-0.05, 0) is 36.2 Å². The number of halogens is 2. The van der Waals surface area contributed by atoms with Crippen molar-refractivity contribution in [3.8, 4) is 5.75 Å². The van der Waals surface area contributed by atoms with E-state index in [0.717, 1.165) is 12.0 Å². The molecule has 0 radical (unpaired) electrons. The predicted molar refractivity (Wildman–Crippen MR) is 103 cm³/mol. The van der Waals surface area contributed by atoms with Crippen LogP contribution in [0.4, 0.5) is 5.69 Å². The topological polar surface area (TPSA) is 93.1 Å². The third-order valence-electron chi connectivity index (χ3n) is 3.69. The normalized spacial score (nSPS) is 10.3. The molecule has 0 aliphatic rings. The molecule has 2 rings (SSSR count). The van der Waals surface area contributed by atoms with E-state index in [1.54, 1.807) is 12.1 Å². The number of hydrogen-bond acceptors (Lipinski definition) is 6. The van der Waals surface area contributed by atoms with Gasteiger partial charge in [-0.2, -0.15) is 0 Å². The van der Waals surface area contributed by atoms with E-state index in [9.17, 15) is 19.5 Å². The number of hydroxylamine groups is 1. The van der Waals surface area contributed by atoms with E-state index in [-0.39, 0.29) is 34.9 Å². The number of methoxy groups -OCH3 is 1. The highest BCUT2D eigenvalue weighted by Gasteiger charge is 2.25. The summed E-state index contributed by atoms with van der Waals surface area (Å²) in [6.45, 7) is 1.13. The van der Waals surface area contributed by atoms with Gasteiger partial charge in [0.25, 0.3) is 5.91 Å². The van der Waals surface area contributed by atoms with Crippen molar-refractivity contribution in [3.05, 3.63) is 57.6 Å². The Morgan fingerprint density at radius 2 is 1.82 bits per heavy atom. The zero-order valence-electron chi connectivity index (χ0n) is 15.1. The molecule has 2 aromatic rings. The lowest BCUT2D eigenvalue weighted by Crippen LogP contribution is -2.34. The van der Waals surface area contributed by atoms with Crippen LogP contribution in [0.2, 0.25) is 10.0 Å². The number of carbonyl (C=O) groups excluding carboxylic acids is 3. The Balaban J connectivity index is 2.31. The first-order valence-electron chi connectivity index (χ1n) is 8.10. The zero-order chi connectivity index (χ0) is 20.8. The summed E-state index contributed by atoms with van der Waals surface area (Å²) in [4.78, 5) is 41.2. The minimum atomic E-state index is -0.748. The highest BCUT2D eigenvalue weighted by molar-refractivity contribution is 6.35. The molecular weight excluding hydrogens is 409 g/mol. The second kappa shape index (κ2) is 9.43. The highest BCUT2D eigenvalue weighted by Crippen LogP contribution is 2.32. The van der Waals surface area contributed by atoms with Crippen LogP contribution in [0.15, 0.2) is 36.4 Å². The van der Waals surface area contributed by atoms with Crippen molar-refractivity contribution >= 4 is 46.7 Å². The van der Waals surface area contributed by atoms with Crippen LogP contribution in [0.25, 0.3) is 0 Å². The number of ether oxygens (including phenoxy) is 1. The summed E-state index contributed by atoms with van der Waals surface area (Å²) in [6, 6.07) is 8.90. The number of anilines is 1. The van der Waals surface area contributed by atoms with Gasteiger partial charge >= 0.3 is 11.9 Å². The van der Waals surface area contributed by atoms with E-state index in [2.05, 4.69) is 0 Å². The number of nitrogens with zero attached hydrogens (tertiary/aromatic N) is 1. The molecule has 0 bridgehead atoms.